The second-order valence-electron chi connectivity index (χ2n) is 6.74. The van der Waals surface area contributed by atoms with E-state index < -0.39 is 18.0 Å². The Hall–Kier alpha value is -4.09. The fourth-order valence-corrected chi connectivity index (χ4v) is 3.17. The van der Waals surface area contributed by atoms with Crippen molar-refractivity contribution in [2.45, 2.75) is 6.36 Å². The molecule has 0 atom stereocenters. The average Bonchev–Trinajstić information content (AvgIpc) is 3.39. The lowest BCUT2D eigenvalue weighted by atomic mass is 10.1. The SMILES string of the molecule is COc1cc(OC(F)(F)F)cc(-c2cc(C(=O)N3CNC(=O)C3)nn2-c2cccnc2)c1. The molecule has 0 bridgehead atoms. The molecule has 4 rings (SSSR count). The minimum absolute atomic E-state index is 0.00135. The van der Waals surface area contributed by atoms with Gasteiger partial charge in [0.25, 0.3) is 5.91 Å². The van der Waals surface area contributed by atoms with Gasteiger partial charge >= 0.3 is 6.36 Å². The Morgan fingerprint density at radius 1 is 1.19 bits per heavy atom. The minimum atomic E-state index is -4.90. The average molecular weight is 447 g/mol. The van der Waals surface area contributed by atoms with Gasteiger partial charge in [-0.05, 0) is 30.3 Å². The number of nitrogens with one attached hydrogen (secondary N) is 1. The summed E-state index contributed by atoms with van der Waals surface area (Å²) in [6.07, 6.45) is -1.87. The summed E-state index contributed by atoms with van der Waals surface area (Å²) in [5.74, 6) is -1.19. The van der Waals surface area contributed by atoms with Crippen molar-refractivity contribution in [3.63, 3.8) is 0 Å². The van der Waals surface area contributed by atoms with Crippen LogP contribution in [0.5, 0.6) is 11.5 Å². The van der Waals surface area contributed by atoms with Gasteiger partial charge in [0, 0.05) is 17.8 Å². The van der Waals surface area contributed by atoms with Gasteiger partial charge in [0.2, 0.25) is 5.91 Å². The Kier molecular flexibility index (Phi) is 5.43. The number of rotatable bonds is 5. The number of carbonyl (C=O) groups is 2. The number of pyridine rings is 1. The topological polar surface area (TPSA) is 98.6 Å². The monoisotopic (exact) mass is 447 g/mol. The van der Waals surface area contributed by atoms with Gasteiger partial charge in [-0.25, -0.2) is 4.68 Å². The van der Waals surface area contributed by atoms with Crippen molar-refractivity contribution in [2.75, 3.05) is 20.3 Å². The highest BCUT2D eigenvalue weighted by molar-refractivity contribution is 5.97. The molecule has 0 unspecified atom stereocenters. The summed E-state index contributed by atoms with van der Waals surface area (Å²) in [4.78, 5) is 29.6. The van der Waals surface area contributed by atoms with Gasteiger partial charge in [-0.1, -0.05) is 0 Å². The molecule has 3 aromatic rings. The molecule has 2 amide bonds. The smallest absolute Gasteiger partial charge is 0.497 e. The predicted octanol–water partition coefficient (Wildman–Crippen LogP) is 2.37. The highest BCUT2D eigenvalue weighted by Gasteiger charge is 2.32. The van der Waals surface area contributed by atoms with Gasteiger partial charge in [-0.15, -0.1) is 13.2 Å². The van der Waals surface area contributed by atoms with Crippen LogP contribution in [0.1, 0.15) is 10.5 Å². The fraction of sp³-hybridized carbons (Fsp3) is 0.200. The molecule has 0 aliphatic carbocycles. The van der Waals surface area contributed by atoms with E-state index in [4.69, 9.17) is 4.74 Å². The maximum absolute atomic E-state index is 12.8. The number of aromatic nitrogens is 3. The minimum Gasteiger partial charge on any atom is -0.497 e. The first-order chi connectivity index (χ1) is 15.2. The molecule has 0 saturated carbocycles. The summed E-state index contributed by atoms with van der Waals surface area (Å²) in [7, 11) is 1.31. The quantitative estimate of drug-likeness (QED) is 0.645. The molecular formula is C20H16F3N5O4. The van der Waals surface area contributed by atoms with E-state index in [2.05, 4.69) is 20.1 Å². The molecule has 12 heteroatoms. The molecule has 1 saturated heterocycles. The molecule has 1 aromatic carbocycles. The zero-order chi connectivity index (χ0) is 22.9. The Bertz CT molecular complexity index is 1160. The number of ether oxygens (including phenoxy) is 2. The van der Waals surface area contributed by atoms with E-state index in [-0.39, 0.29) is 36.1 Å². The molecule has 1 aliphatic rings. The number of nitrogens with zero attached hydrogens (tertiary/aromatic N) is 4. The second-order valence-corrected chi connectivity index (χ2v) is 6.74. The summed E-state index contributed by atoms with van der Waals surface area (Å²) >= 11 is 0. The molecule has 32 heavy (non-hydrogen) atoms. The Balaban J connectivity index is 1.82. The maximum atomic E-state index is 12.8. The van der Waals surface area contributed by atoms with Crippen LogP contribution in [0.15, 0.2) is 48.8 Å². The highest BCUT2D eigenvalue weighted by atomic mass is 19.4. The Morgan fingerprint density at radius 2 is 1.97 bits per heavy atom. The molecule has 1 N–H and O–H groups in total. The Morgan fingerprint density at radius 3 is 2.59 bits per heavy atom. The van der Waals surface area contributed by atoms with E-state index in [1.165, 1.54) is 35.0 Å². The number of halogens is 3. The van der Waals surface area contributed by atoms with Crippen LogP contribution >= 0.6 is 0 Å². The summed E-state index contributed by atoms with van der Waals surface area (Å²) in [6, 6.07) is 8.48. The second kappa shape index (κ2) is 8.21. The normalized spacial score (nSPS) is 13.8. The van der Waals surface area contributed by atoms with Crippen molar-refractivity contribution >= 4 is 11.8 Å². The molecule has 0 spiro atoms. The molecule has 2 aromatic heterocycles. The summed E-state index contributed by atoms with van der Waals surface area (Å²) in [5, 5.41) is 6.86. The van der Waals surface area contributed by atoms with Gasteiger partial charge in [-0.3, -0.25) is 14.6 Å². The van der Waals surface area contributed by atoms with Crippen molar-refractivity contribution in [1.82, 2.24) is 25.0 Å². The van der Waals surface area contributed by atoms with Crippen LogP contribution in [0.4, 0.5) is 13.2 Å². The fourth-order valence-electron chi connectivity index (χ4n) is 3.17. The number of alkyl halides is 3. The number of carbonyl (C=O) groups excluding carboxylic acids is 2. The van der Waals surface area contributed by atoms with Gasteiger partial charge in [0.05, 0.1) is 31.4 Å². The van der Waals surface area contributed by atoms with Crippen LogP contribution in [-0.4, -0.2) is 58.2 Å². The van der Waals surface area contributed by atoms with Crippen molar-refractivity contribution in [3.8, 4) is 28.4 Å². The number of hydrogen-bond acceptors (Lipinski definition) is 6. The first-order valence-electron chi connectivity index (χ1n) is 9.25. The largest absolute Gasteiger partial charge is 0.573 e. The van der Waals surface area contributed by atoms with E-state index >= 15 is 0 Å². The van der Waals surface area contributed by atoms with E-state index in [9.17, 15) is 22.8 Å². The maximum Gasteiger partial charge on any atom is 0.573 e. The third kappa shape index (κ3) is 4.48. The summed E-state index contributed by atoms with van der Waals surface area (Å²) < 4.78 is 48.9. The van der Waals surface area contributed by atoms with Crippen LogP contribution in [0, 0.1) is 0 Å². The molecule has 1 fully saturated rings. The van der Waals surface area contributed by atoms with Crippen molar-refractivity contribution in [2.24, 2.45) is 0 Å². The van der Waals surface area contributed by atoms with Crippen LogP contribution in [0.2, 0.25) is 0 Å². The first-order valence-corrected chi connectivity index (χ1v) is 9.25. The number of amides is 2. The first kappa shape index (κ1) is 21.2. The predicted molar refractivity (Wildman–Crippen MR) is 104 cm³/mol. The zero-order valence-corrected chi connectivity index (χ0v) is 16.6. The Labute approximate surface area is 179 Å². The summed E-state index contributed by atoms with van der Waals surface area (Å²) in [5.41, 5.74) is 1.03. The van der Waals surface area contributed by atoms with E-state index in [0.29, 0.717) is 11.4 Å². The molecule has 9 nitrogen and oxygen atoms in total. The third-order valence-electron chi connectivity index (χ3n) is 4.55. The van der Waals surface area contributed by atoms with Gasteiger partial charge in [0.15, 0.2) is 5.69 Å². The zero-order valence-electron chi connectivity index (χ0n) is 16.6. The molecule has 166 valence electrons. The van der Waals surface area contributed by atoms with Crippen LogP contribution in [0.25, 0.3) is 16.9 Å². The molecular weight excluding hydrogens is 431 g/mol. The van der Waals surface area contributed by atoms with Gasteiger partial charge < -0.3 is 19.7 Å². The highest BCUT2D eigenvalue weighted by Crippen LogP contribution is 2.34. The molecule has 0 radical (unpaired) electrons. The molecule has 3 heterocycles. The lowest BCUT2D eigenvalue weighted by Crippen LogP contribution is -2.30. The van der Waals surface area contributed by atoms with E-state index in [1.807, 2.05) is 0 Å². The molecule has 1 aliphatic heterocycles. The van der Waals surface area contributed by atoms with Gasteiger partial charge in [-0.2, -0.15) is 5.10 Å². The van der Waals surface area contributed by atoms with E-state index in [0.717, 1.165) is 12.1 Å². The van der Waals surface area contributed by atoms with Gasteiger partial charge in [0.1, 0.15) is 18.0 Å². The van der Waals surface area contributed by atoms with E-state index in [1.54, 1.807) is 18.3 Å². The van der Waals surface area contributed by atoms with Crippen molar-refractivity contribution in [1.29, 1.82) is 0 Å². The third-order valence-corrected chi connectivity index (χ3v) is 4.55. The van der Waals surface area contributed by atoms with Crippen molar-refractivity contribution in [3.05, 3.63) is 54.5 Å². The van der Waals surface area contributed by atoms with Crippen LogP contribution in [-0.2, 0) is 4.79 Å². The van der Waals surface area contributed by atoms with Crippen LogP contribution < -0.4 is 14.8 Å². The summed E-state index contributed by atoms with van der Waals surface area (Å²) in [6.45, 7) is -0.0772. The lowest BCUT2D eigenvalue weighted by Gasteiger charge is -2.13. The standard InChI is InChI=1S/C20H16F3N5O4/c1-31-14-5-12(6-15(7-14)32-20(21,22)23)17-8-16(19(30)27-10-18(29)25-11-27)26-28(17)13-3-2-4-24-9-13/h2-9H,10-11H2,1H3,(H,25,29). The lowest BCUT2D eigenvalue weighted by molar-refractivity contribution is -0.274. The van der Waals surface area contributed by atoms with Crippen molar-refractivity contribution < 1.29 is 32.2 Å². The number of methoxy groups -OCH3 is 1. The number of benzene rings is 1. The van der Waals surface area contributed by atoms with Crippen LogP contribution in [0.3, 0.4) is 0 Å². The number of hydrogen-bond donors (Lipinski definition) is 1.